The second-order valence-corrected chi connectivity index (χ2v) is 7.11. The van der Waals surface area contributed by atoms with E-state index in [2.05, 4.69) is 43.2 Å². The molecule has 0 atom stereocenters. The smallest absolute Gasteiger partial charge is 0.251 e. The first-order valence-electron chi connectivity index (χ1n) is 8.30. The number of H-pyrrole nitrogens is 1. The summed E-state index contributed by atoms with van der Waals surface area (Å²) in [6.07, 6.45) is 2.05. The number of aryl methyl sites for hydroxylation is 2. The van der Waals surface area contributed by atoms with Crippen molar-refractivity contribution in [3.63, 3.8) is 0 Å². The van der Waals surface area contributed by atoms with Crippen LogP contribution in [0.5, 0.6) is 0 Å². The molecular formula is C21H24N2O. The number of benzene rings is 2. The zero-order valence-electron chi connectivity index (χ0n) is 14.7. The number of rotatable bonds is 4. The predicted octanol–water partition coefficient (Wildman–Crippen LogP) is 4.49. The van der Waals surface area contributed by atoms with E-state index in [1.165, 1.54) is 16.5 Å². The summed E-state index contributed by atoms with van der Waals surface area (Å²) in [6, 6.07) is 14.1. The number of carbonyl (C=O) groups is 1. The first-order chi connectivity index (χ1) is 11.4. The van der Waals surface area contributed by atoms with Crippen molar-refractivity contribution >= 4 is 16.8 Å². The van der Waals surface area contributed by atoms with Crippen molar-refractivity contribution < 1.29 is 4.79 Å². The summed E-state index contributed by atoms with van der Waals surface area (Å²) in [5.41, 5.74) is 5.24. The molecule has 1 amide bonds. The number of aromatic amines is 1. The molecule has 0 saturated heterocycles. The minimum atomic E-state index is -0.158. The van der Waals surface area contributed by atoms with Crippen LogP contribution in [0.3, 0.4) is 0 Å². The largest absolute Gasteiger partial charge is 0.361 e. The second kappa shape index (κ2) is 6.16. The number of hydrogen-bond donors (Lipinski definition) is 2. The summed E-state index contributed by atoms with van der Waals surface area (Å²) in [4.78, 5) is 15.8. The SMILES string of the molecule is Cc1ccc(C(=O)NCC(C)(C)c2c[nH]c3ccccc23)cc1C. The number of para-hydroxylation sites is 1. The van der Waals surface area contributed by atoms with Gasteiger partial charge in [-0.05, 0) is 48.7 Å². The standard InChI is InChI=1S/C21H24N2O/c1-14-9-10-16(11-15(14)2)20(24)23-13-21(3,4)18-12-22-19-8-6-5-7-17(18)19/h5-12,22H,13H2,1-4H3,(H,23,24). The van der Waals surface area contributed by atoms with Crippen LogP contribution in [0.1, 0.15) is 40.9 Å². The maximum Gasteiger partial charge on any atom is 0.251 e. The Hall–Kier alpha value is -2.55. The monoisotopic (exact) mass is 320 g/mol. The van der Waals surface area contributed by atoms with Gasteiger partial charge in [0.05, 0.1) is 0 Å². The third kappa shape index (κ3) is 3.07. The van der Waals surface area contributed by atoms with E-state index in [1.54, 1.807) is 0 Å². The molecule has 3 rings (SSSR count). The maximum absolute atomic E-state index is 12.5. The van der Waals surface area contributed by atoms with E-state index in [0.717, 1.165) is 11.1 Å². The number of hydrogen-bond acceptors (Lipinski definition) is 1. The van der Waals surface area contributed by atoms with Crippen molar-refractivity contribution in [2.75, 3.05) is 6.54 Å². The van der Waals surface area contributed by atoms with Crippen molar-refractivity contribution in [1.82, 2.24) is 10.3 Å². The minimum Gasteiger partial charge on any atom is -0.361 e. The molecule has 2 aromatic carbocycles. The average molecular weight is 320 g/mol. The molecule has 1 aromatic heterocycles. The van der Waals surface area contributed by atoms with E-state index in [4.69, 9.17) is 0 Å². The maximum atomic E-state index is 12.5. The van der Waals surface area contributed by atoms with Crippen LogP contribution in [0.2, 0.25) is 0 Å². The lowest BCUT2D eigenvalue weighted by Gasteiger charge is -2.25. The molecule has 0 radical (unpaired) electrons. The van der Waals surface area contributed by atoms with Gasteiger partial charge in [-0.1, -0.05) is 38.1 Å². The van der Waals surface area contributed by atoms with Gasteiger partial charge in [0.25, 0.3) is 5.91 Å². The molecule has 3 aromatic rings. The van der Waals surface area contributed by atoms with Crippen molar-refractivity contribution in [3.05, 3.63) is 70.9 Å². The Labute approximate surface area is 143 Å². The Kier molecular flexibility index (Phi) is 4.18. The zero-order chi connectivity index (χ0) is 17.3. The molecular weight excluding hydrogens is 296 g/mol. The predicted molar refractivity (Wildman–Crippen MR) is 99.6 cm³/mol. The van der Waals surface area contributed by atoms with Crippen molar-refractivity contribution in [2.24, 2.45) is 0 Å². The highest BCUT2D eigenvalue weighted by Crippen LogP contribution is 2.29. The van der Waals surface area contributed by atoms with Crippen LogP contribution in [0.15, 0.2) is 48.7 Å². The first kappa shape index (κ1) is 16.3. The van der Waals surface area contributed by atoms with Gasteiger partial charge in [-0.2, -0.15) is 0 Å². The highest BCUT2D eigenvalue weighted by atomic mass is 16.1. The lowest BCUT2D eigenvalue weighted by molar-refractivity contribution is 0.0945. The van der Waals surface area contributed by atoms with Crippen molar-refractivity contribution in [2.45, 2.75) is 33.1 Å². The van der Waals surface area contributed by atoms with Gasteiger partial charge in [0, 0.05) is 34.6 Å². The van der Waals surface area contributed by atoms with Gasteiger partial charge in [-0.15, -0.1) is 0 Å². The lowest BCUT2D eigenvalue weighted by atomic mass is 9.84. The van der Waals surface area contributed by atoms with Gasteiger partial charge < -0.3 is 10.3 Å². The highest BCUT2D eigenvalue weighted by molar-refractivity contribution is 5.94. The molecule has 0 aliphatic rings. The van der Waals surface area contributed by atoms with Crippen molar-refractivity contribution in [1.29, 1.82) is 0 Å². The Morgan fingerprint density at radius 1 is 1.08 bits per heavy atom. The quantitative estimate of drug-likeness (QED) is 0.731. The fourth-order valence-electron chi connectivity index (χ4n) is 3.01. The molecule has 0 spiro atoms. The molecule has 0 bridgehead atoms. The molecule has 0 unspecified atom stereocenters. The molecule has 0 fully saturated rings. The fourth-order valence-corrected chi connectivity index (χ4v) is 3.01. The van der Waals surface area contributed by atoms with Gasteiger partial charge in [0.1, 0.15) is 0 Å². The molecule has 3 heteroatoms. The van der Waals surface area contributed by atoms with E-state index in [9.17, 15) is 4.79 Å². The van der Waals surface area contributed by atoms with Crippen LogP contribution in [0, 0.1) is 13.8 Å². The summed E-state index contributed by atoms with van der Waals surface area (Å²) >= 11 is 0. The van der Waals surface area contributed by atoms with E-state index < -0.39 is 0 Å². The van der Waals surface area contributed by atoms with Crippen LogP contribution >= 0.6 is 0 Å². The first-order valence-corrected chi connectivity index (χ1v) is 8.30. The van der Waals surface area contributed by atoms with Crippen LogP contribution < -0.4 is 5.32 Å². The van der Waals surface area contributed by atoms with Gasteiger partial charge in [0.2, 0.25) is 0 Å². The normalized spacial score (nSPS) is 11.7. The van der Waals surface area contributed by atoms with E-state index in [1.807, 2.05) is 43.5 Å². The van der Waals surface area contributed by atoms with Gasteiger partial charge >= 0.3 is 0 Å². The summed E-state index contributed by atoms with van der Waals surface area (Å²) in [6.45, 7) is 8.98. The van der Waals surface area contributed by atoms with E-state index in [-0.39, 0.29) is 11.3 Å². The summed E-state index contributed by atoms with van der Waals surface area (Å²) in [5, 5.41) is 4.30. The molecule has 0 aliphatic carbocycles. The van der Waals surface area contributed by atoms with Crippen LogP contribution in [0.4, 0.5) is 0 Å². The number of fused-ring (bicyclic) bond motifs is 1. The number of aromatic nitrogens is 1. The molecule has 2 N–H and O–H groups in total. The molecule has 0 saturated carbocycles. The van der Waals surface area contributed by atoms with E-state index >= 15 is 0 Å². The summed E-state index contributed by atoms with van der Waals surface area (Å²) in [7, 11) is 0. The Morgan fingerprint density at radius 3 is 2.58 bits per heavy atom. The Bertz CT molecular complexity index is 890. The molecule has 0 aliphatic heterocycles. The van der Waals surface area contributed by atoms with Gasteiger partial charge in [0.15, 0.2) is 0 Å². The van der Waals surface area contributed by atoms with Crippen LogP contribution in [0.25, 0.3) is 10.9 Å². The molecule has 1 heterocycles. The van der Waals surface area contributed by atoms with Crippen molar-refractivity contribution in [3.8, 4) is 0 Å². The number of nitrogens with one attached hydrogen (secondary N) is 2. The lowest BCUT2D eigenvalue weighted by Crippen LogP contribution is -2.36. The summed E-state index contributed by atoms with van der Waals surface area (Å²) < 4.78 is 0. The third-order valence-corrected chi connectivity index (χ3v) is 4.78. The molecule has 124 valence electrons. The second-order valence-electron chi connectivity index (χ2n) is 7.11. The Balaban J connectivity index is 1.77. The zero-order valence-corrected chi connectivity index (χ0v) is 14.7. The van der Waals surface area contributed by atoms with Gasteiger partial charge in [-0.25, -0.2) is 0 Å². The average Bonchev–Trinajstić information content (AvgIpc) is 3.00. The fraction of sp³-hybridized carbons (Fsp3) is 0.286. The summed E-state index contributed by atoms with van der Waals surface area (Å²) in [5.74, 6) is -0.0222. The third-order valence-electron chi connectivity index (χ3n) is 4.78. The minimum absolute atomic E-state index is 0.0222. The molecule has 24 heavy (non-hydrogen) atoms. The van der Waals surface area contributed by atoms with Crippen LogP contribution in [-0.2, 0) is 5.41 Å². The van der Waals surface area contributed by atoms with Crippen LogP contribution in [-0.4, -0.2) is 17.4 Å². The topological polar surface area (TPSA) is 44.9 Å². The van der Waals surface area contributed by atoms with E-state index in [0.29, 0.717) is 12.1 Å². The number of amides is 1. The number of carbonyl (C=O) groups excluding carboxylic acids is 1. The highest BCUT2D eigenvalue weighted by Gasteiger charge is 2.24. The molecule has 3 nitrogen and oxygen atoms in total. The van der Waals surface area contributed by atoms with Gasteiger partial charge in [-0.3, -0.25) is 4.79 Å². The Morgan fingerprint density at radius 2 is 1.83 bits per heavy atom.